The molecule has 0 atom stereocenters. The molecule has 1 nitrogen and oxygen atoms in total. The quantitative estimate of drug-likeness (QED) is 0.470. The number of unbranched alkanes of at least 4 members (excludes halogenated alkanes) is 6. The molecular weight excluding hydrogens is 218 g/mol. The molecule has 2 N–H and O–H groups in total. The third kappa shape index (κ3) is 5.30. The summed E-state index contributed by atoms with van der Waals surface area (Å²) in [4.78, 5) is 0. The molecule has 1 heteroatoms. The Labute approximate surface area is 115 Å². The molecule has 0 aliphatic heterocycles. The van der Waals surface area contributed by atoms with Crippen molar-refractivity contribution in [3.8, 4) is 0 Å². The second-order valence-corrected chi connectivity index (χ2v) is 6.46. The van der Waals surface area contributed by atoms with Crippen molar-refractivity contribution >= 4 is 0 Å². The van der Waals surface area contributed by atoms with Crippen LogP contribution in [-0.2, 0) is 0 Å². The summed E-state index contributed by atoms with van der Waals surface area (Å²) in [6, 6.07) is 0. The lowest BCUT2D eigenvalue weighted by Gasteiger charge is -2.26. The standard InChI is InChI=1S/C17H35N/c1-3-5-7-9-11-16(12-10-8-6-4-2)17(15-18)13-14-17/h16H,3-15,18H2,1-2H3. The maximum absolute atomic E-state index is 6.03. The maximum Gasteiger partial charge on any atom is -0.00179 e. The predicted molar refractivity (Wildman–Crippen MR) is 81.7 cm³/mol. The molecule has 1 rings (SSSR count). The van der Waals surface area contributed by atoms with Crippen LogP contribution in [0.4, 0.5) is 0 Å². The van der Waals surface area contributed by atoms with Crippen LogP contribution in [0.1, 0.15) is 90.9 Å². The van der Waals surface area contributed by atoms with Crippen LogP contribution in [0.15, 0.2) is 0 Å². The van der Waals surface area contributed by atoms with E-state index in [1.165, 1.54) is 77.0 Å². The van der Waals surface area contributed by atoms with Gasteiger partial charge in [0.25, 0.3) is 0 Å². The van der Waals surface area contributed by atoms with Crippen LogP contribution in [0.25, 0.3) is 0 Å². The Hall–Kier alpha value is -0.0400. The summed E-state index contributed by atoms with van der Waals surface area (Å²) >= 11 is 0. The van der Waals surface area contributed by atoms with Crippen LogP contribution in [0, 0.1) is 11.3 Å². The van der Waals surface area contributed by atoms with E-state index in [-0.39, 0.29) is 0 Å². The molecule has 1 aliphatic carbocycles. The first-order chi connectivity index (χ1) is 8.79. The van der Waals surface area contributed by atoms with Gasteiger partial charge in [0.1, 0.15) is 0 Å². The third-order valence-corrected chi connectivity index (χ3v) is 4.98. The molecule has 0 amide bonds. The topological polar surface area (TPSA) is 26.0 Å². The van der Waals surface area contributed by atoms with Crippen molar-refractivity contribution in [3.63, 3.8) is 0 Å². The molecule has 0 aromatic rings. The summed E-state index contributed by atoms with van der Waals surface area (Å²) in [5, 5.41) is 0. The Morgan fingerprint density at radius 1 is 0.833 bits per heavy atom. The van der Waals surface area contributed by atoms with E-state index in [0.29, 0.717) is 5.41 Å². The normalized spacial score (nSPS) is 17.3. The Morgan fingerprint density at radius 2 is 1.33 bits per heavy atom. The summed E-state index contributed by atoms with van der Waals surface area (Å²) in [5.41, 5.74) is 6.61. The van der Waals surface area contributed by atoms with Crippen LogP contribution >= 0.6 is 0 Å². The van der Waals surface area contributed by atoms with E-state index < -0.39 is 0 Å². The second kappa shape index (κ2) is 8.96. The molecular formula is C17H35N. The third-order valence-electron chi connectivity index (χ3n) is 4.98. The van der Waals surface area contributed by atoms with Crippen molar-refractivity contribution < 1.29 is 0 Å². The van der Waals surface area contributed by atoms with Gasteiger partial charge < -0.3 is 5.73 Å². The van der Waals surface area contributed by atoms with Gasteiger partial charge in [-0.2, -0.15) is 0 Å². The summed E-state index contributed by atoms with van der Waals surface area (Å²) in [6.45, 7) is 5.54. The highest BCUT2D eigenvalue weighted by molar-refractivity contribution is 4.98. The predicted octanol–water partition coefficient (Wildman–Crippen LogP) is 5.28. The van der Waals surface area contributed by atoms with Crippen molar-refractivity contribution in [3.05, 3.63) is 0 Å². The number of hydrogen-bond donors (Lipinski definition) is 1. The fraction of sp³-hybridized carbons (Fsp3) is 1.00. The molecule has 0 unspecified atom stereocenters. The molecule has 18 heavy (non-hydrogen) atoms. The van der Waals surface area contributed by atoms with E-state index in [0.717, 1.165) is 12.5 Å². The Morgan fingerprint density at radius 3 is 1.67 bits per heavy atom. The average molecular weight is 253 g/mol. The van der Waals surface area contributed by atoms with Crippen LogP contribution in [0.2, 0.25) is 0 Å². The Bertz CT molecular complexity index is 184. The monoisotopic (exact) mass is 253 g/mol. The first-order valence-corrected chi connectivity index (χ1v) is 8.49. The molecule has 0 aromatic carbocycles. The molecule has 0 aromatic heterocycles. The zero-order chi connectivity index (χ0) is 13.3. The van der Waals surface area contributed by atoms with Crippen LogP contribution in [0.5, 0.6) is 0 Å². The molecule has 0 saturated heterocycles. The minimum absolute atomic E-state index is 0.582. The first kappa shape index (κ1) is 16.0. The van der Waals surface area contributed by atoms with E-state index in [9.17, 15) is 0 Å². The smallest absolute Gasteiger partial charge is 0.00179 e. The Balaban J connectivity index is 2.24. The van der Waals surface area contributed by atoms with Crippen LogP contribution in [-0.4, -0.2) is 6.54 Å². The largest absolute Gasteiger partial charge is 0.330 e. The Kier molecular flexibility index (Phi) is 7.97. The minimum Gasteiger partial charge on any atom is -0.330 e. The first-order valence-electron chi connectivity index (χ1n) is 8.49. The van der Waals surface area contributed by atoms with Gasteiger partial charge in [-0.15, -0.1) is 0 Å². The van der Waals surface area contributed by atoms with Gasteiger partial charge in [-0.1, -0.05) is 65.2 Å². The molecule has 1 fully saturated rings. The highest BCUT2D eigenvalue weighted by Gasteiger charge is 2.46. The fourth-order valence-electron chi connectivity index (χ4n) is 3.33. The lowest BCUT2D eigenvalue weighted by atomic mass is 9.81. The number of rotatable bonds is 12. The molecule has 0 heterocycles. The molecule has 1 aliphatic rings. The van der Waals surface area contributed by atoms with E-state index in [4.69, 9.17) is 5.73 Å². The van der Waals surface area contributed by atoms with Gasteiger partial charge in [0.2, 0.25) is 0 Å². The van der Waals surface area contributed by atoms with E-state index in [1.807, 2.05) is 0 Å². The highest BCUT2D eigenvalue weighted by Crippen LogP contribution is 2.54. The van der Waals surface area contributed by atoms with Crippen LogP contribution in [0.3, 0.4) is 0 Å². The van der Waals surface area contributed by atoms with Crippen molar-refractivity contribution in [1.29, 1.82) is 0 Å². The van der Waals surface area contributed by atoms with E-state index in [1.54, 1.807) is 0 Å². The van der Waals surface area contributed by atoms with Crippen molar-refractivity contribution in [2.45, 2.75) is 90.9 Å². The van der Waals surface area contributed by atoms with E-state index in [2.05, 4.69) is 13.8 Å². The molecule has 0 radical (unpaired) electrons. The zero-order valence-corrected chi connectivity index (χ0v) is 12.8. The average Bonchev–Trinajstić information content (AvgIpc) is 3.18. The van der Waals surface area contributed by atoms with Gasteiger partial charge in [-0.25, -0.2) is 0 Å². The molecule has 108 valence electrons. The second-order valence-electron chi connectivity index (χ2n) is 6.46. The summed E-state index contributed by atoms with van der Waals surface area (Å²) < 4.78 is 0. The lowest BCUT2D eigenvalue weighted by molar-refractivity contribution is 0.261. The fourth-order valence-corrected chi connectivity index (χ4v) is 3.33. The van der Waals surface area contributed by atoms with E-state index >= 15 is 0 Å². The summed E-state index contributed by atoms with van der Waals surface area (Å²) in [5.74, 6) is 0.941. The molecule has 0 spiro atoms. The zero-order valence-electron chi connectivity index (χ0n) is 12.8. The van der Waals surface area contributed by atoms with Crippen molar-refractivity contribution in [1.82, 2.24) is 0 Å². The minimum atomic E-state index is 0.582. The van der Waals surface area contributed by atoms with Gasteiger partial charge >= 0.3 is 0 Å². The highest BCUT2D eigenvalue weighted by atomic mass is 14.7. The molecule has 1 saturated carbocycles. The summed E-state index contributed by atoms with van der Waals surface area (Å²) in [6.07, 6.45) is 17.0. The van der Waals surface area contributed by atoms with Crippen molar-refractivity contribution in [2.75, 3.05) is 6.54 Å². The summed E-state index contributed by atoms with van der Waals surface area (Å²) in [7, 11) is 0. The van der Waals surface area contributed by atoms with Gasteiger partial charge in [0.05, 0.1) is 0 Å². The van der Waals surface area contributed by atoms with Gasteiger partial charge in [0.15, 0.2) is 0 Å². The van der Waals surface area contributed by atoms with Gasteiger partial charge in [-0.3, -0.25) is 0 Å². The van der Waals surface area contributed by atoms with Crippen molar-refractivity contribution in [2.24, 2.45) is 17.1 Å². The lowest BCUT2D eigenvalue weighted by Crippen LogP contribution is -2.25. The van der Waals surface area contributed by atoms with Crippen LogP contribution < -0.4 is 5.73 Å². The number of hydrogen-bond acceptors (Lipinski definition) is 1. The van der Waals surface area contributed by atoms with Gasteiger partial charge in [0, 0.05) is 0 Å². The van der Waals surface area contributed by atoms with Gasteiger partial charge in [-0.05, 0) is 43.6 Å². The maximum atomic E-state index is 6.03. The number of nitrogens with two attached hydrogens (primary N) is 1. The SMILES string of the molecule is CCCCCCC(CCCCCC)C1(CN)CC1. The molecule has 0 bridgehead atoms.